The number of aromatic nitrogens is 6. The van der Waals surface area contributed by atoms with Crippen molar-refractivity contribution in [2.45, 2.75) is 78.0 Å². The van der Waals surface area contributed by atoms with Crippen LogP contribution < -0.4 is 15.0 Å². The lowest BCUT2D eigenvalue weighted by Crippen LogP contribution is -2.40. The van der Waals surface area contributed by atoms with Crippen LogP contribution in [0.3, 0.4) is 0 Å². The molecule has 8 rings (SSSR count). The maximum atomic E-state index is 13.0. The second kappa shape index (κ2) is 15.6. The zero-order chi connectivity index (χ0) is 38.1. The minimum atomic E-state index is -0.220. The molecule has 14 heteroatoms. The van der Waals surface area contributed by atoms with Gasteiger partial charge in [-0.25, -0.2) is 4.98 Å². The molecular formula is C41H39ClN10O2S. The van der Waals surface area contributed by atoms with Gasteiger partial charge in [0.1, 0.15) is 34.9 Å². The van der Waals surface area contributed by atoms with E-state index in [2.05, 4.69) is 73.0 Å². The molecule has 2 aliphatic heterocycles. The Hall–Kier alpha value is -5.63. The lowest BCUT2D eigenvalue weighted by Gasteiger charge is -2.30. The van der Waals surface area contributed by atoms with Gasteiger partial charge in [0, 0.05) is 53.3 Å². The first-order valence-corrected chi connectivity index (χ1v) is 19.7. The van der Waals surface area contributed by atoms with Gasteiger partial charge in [0.05, 0.1) is 22.4 Å². The predicted molar refractivity (Wildman–Crippen MR) is 211 cm³/mol. The van der Waals surface area contributed by atoms with Crippen molar-refractivity contribution >= 4 is 40.4 Å². The van der Waals surface area contributed by atoms with Gasteiger partial charge in [0.25, 0.3) is 5.91 Å². The number of carbonyl (C=O) groups excluding carboxylic acids is 1. The highest BCUT2D eigenvalue weighted by Crippen LogP contribution is 2.36. The first kappa shape index (κ1) is 36.4. The molecule has 0 unspecified atom stereocenters. The number of nitrogens with one attached hydrogen (secondary N) is 1. The van der Waals surface area contributed by atoms with E-state index in [0.717, 1.165) is 96.6 Å². The molecule has 3 aliphatic rings. The number of halogens is 1. The Balaban J connectivity index is 0.814. The Morgan fingerprint density at radius 1 is 0.982 bits per heavy atom. The van der Waals surface area contributed by atoms with E-state index < -0.39 is 0 Å². The summed E-state index contributed by atoms with van der Waals surface area (Å²) < 4.78 is 8.21. The summed E-state index contributed by atoms with van der Waals surface area (Å²) in [5.41, 5.74) is 5.69. The van der Waals surface area contributed by atoms with E-state index >= 15 is 0 Å². The number of amides is 1. The van der Waals surface area contributed by atoms with Crippen LogP contribution in [0.2, 0.25) is 5.02 Å². The highest BCUT2D eigenvalue weighted by Gasteiger charge is 2.28. The number of carbonyl (C=O) groups is 1. The molecule has 1 saturated carbocycles. The van der Waals surface area contributed by atoms with Gasteiger partial charge < -0.3 is 15.0 Å². The molecule has 1 amide bonds. The third-order valence-corrected chi connectivity index (χ3v) is 12.1. The van der Waals surface area contributed by atoms with Crippen molar-refractivity contribution < 1.29 is 9.53 Å². The largest absolute Gasteiger partial charge is 0.490 e. The molecule has 0 radical (unpaired) electrons. The summed E-state index contributed by atoms with van der Waals surface area (Å²) in [5, 5.41) is 31.0. The number of fused-ring (bicyclic) bond motifs is 3. The highest BCUT2D eigenvalue weighted by atomic mass is 35.5. The molecule has 2 fully saturated rings. The predicted octanol–water partition coefficient (Wildman–Crippen LogP) is 6.70. The molecule has 12 nitrogen and oxygen atoms in total. The second-order valence-electron chi connectivity index (χ2n) is 14.2. The molecule has 0 atom stereocenters. The number of ether oxygens (including phenoxy) is 1. The third kappa shape index (κ3) is 7.68. The number of rotatable bonds is 6. The Bertz CT molecular complexity index is 2370. The summed E-state index contributed by atoms with van der Waals surface area (Å²) in [5.74, 6) is 9.89. The van der Waals surface area contributed by atoms with Crippen molar-refractivity contribution in [3.8, 4) is 28.7 Å². The number of anilines is 1. The molecule has 1 aliphatic carbocycles. The van der Waals surface area contributed by atoms with E-state index in [0.29, 0.717) is 28.6 Å². The molecular weight excluding hydrogens is 732 g/mol. The van der Waals surface area contributed by atoms with E-state index in [1.54, 1.807) is 35.6 Å². The number of aryl methyl sites for hydroxylation is 2. The second-order valence-corrected chi connectivity index (χ2v) is 15.8. The van der Waals surface area contributed by atoms with Gasteiger partial charge in [-0.3, -0.25) is 14.4 Å². The molecule has 6 heterocycles. The number of thiophene rings is 1. The summed E-state index contributed by atoms with van der Waals surface area (Å²) in [6, 6.07) is 14.9. The van der Waals surface area contributed by atoms with Crippen molar-refractivity contribution in [1.29, 1.82) is 5.26 Å². The van der Waals surface area contributed by atoms with Crippen molar-refractivity contribution in [2.24, 2.45) is 10.9 Å². The van der Waals surface area contributed by atoms with Crippen LogP contribution in [0.15, 0.2) is 53.7 Å². The number of hydrogen-bond acceptors (Lipinski definition) is 11. The van der Waals surface area contributed by atoms with Gasteiger partial charge >= 0.3 is 0 Å². The molecule has 5 aromatic rings. The van der Waals surface area contributed by atoms with E-state index in [1.807, 2.05) is 25.3 Å². The lowest BCUT2D eigenvalue weighted by molar-refractivity contribution is 0.0888. The number of aliphatic imine (C=N–C) groups is 1. The van der Waals surface area contributed by atoms with E-state index in [1.165, 1.54) is 10.4 Å². The maximum Gasteiger partial charge on any atom is 0.272 e. The fourth-order valence-corrected chi connectivity index (χ4v) is 8.81. The fourth-order valence-electron chi connectivity index (χ4n) is 7.37. The minimum Gasteiger partial charge on any atom is -0.490 e. The Kier molecular flexibility index (Phi) is 10.3. The molecule has 1 saturated heterocycles. The van der Waals surface area contributed by atoms with Crippen molar-refractivity contribution in [2.75, 3.05) is 18.0 Å². The number of nitriles is 1. The molecule has 1 N–H and O–H groups in total. The van der Waals surface area contributed by atoms with Crippen LogP contribution in [-0.4, -0.2) is 66.8 Å². The average molecular weight is 771 g/mol. The SMILES string of the molecule is Cc1sc2c(c1C)C(c1ccc(C#CC3CCN(c4ccc(C(=O)NC5CCC(Oc6ccc(C#N)c(Cl)c6)CC5)nn4)CC3)nc1)=NCc1nnc(C)n1-2. The smallest absolute Gasteiger partial charge is 0.272 e. The van der Waals surface area contributed by atoms with Crippen molar-refractivity contribution in [3.05, 3.63) is 104 Å². The van der Waals surface area contributed by atoms with Crippen molar-refractivity contribution in [3.63, 3.8) is 0 Å². The zero-order valence-electron chi connectivity index (χ0n) is 30.8. The van der Waals surface area contributed by atoms with Crippen LogP contribution in [0, 0.1) is 49.9 Å². The molecule has 4 aromatic heterocycles. The quantitative estimate of drug-likeness (QED) is 0.186. The van der Waals surface area contributed by atoms with Crippen LogP contribution in [0.25, 0.3) is 5.00 Å². The van der Waals surface area contributed by atoms with Gasteiger partial charge in [-0.1, -0.05) is 17.5 Å². The van der Waals surface area contributed by atoms with Gasteiger partial charge in [-0.2, -0.15) is 5.26 Å². The Labute approximate surface area is 328 Å². The molecule has 0 spiro atoms. The van der Waals surface area contributed by atoms with Gasteiger partial charge in [0.15, 0.2) is 17.3 Å². The lowest BCUT2D eigenvalue weighted by atomic mass is 9.93. The summed E-state index contributed by atoms with van der Waals surface area (Å²) >= 11 is 7.89. The molecule has 1 aromatic carbocycles. The van der Waals surface area contributed by atoms with Crippen LogP contribution in [0.4, 0.5) is 5.82 Å². The minimum absolute atomic E-state index is 0.0299. The Morgan fingerprint density at radius 3 is 2.51 bits per heavy atom. The summed E-state index contributed by atoms with van der Waals surface area (Å²) in [7, 11) is 0. The van der Waals surface area contributed by atoms with Crippen LogP contribution in [-0.2, 0) is 6.54 Å². The molecule has 0 bridgehead atoms. The summed E-state index contributed by atoms with van der Waals surface area (Å²) in [6.07, 6.45) is 6.90. The highest BCUT2D eigenvalue weighted by molar-refractivity contribution is 7.15. The number of benzene rings is 1. The first-order valence-electron chi connectivity index (χ1n) is 18.5. The van der Waals surface area contributed by atoms with E-state index in [4.69, 9.17) is 31.6 Å². The normalized spacial score (nSPS) is 18.2. The van der Waals surface area contributed by atoms with Crippen LogP contribution in [0.1, 0.15) is 93.5 Å². The topological polar surface area (TPSA) is 147 Å². The first-order chi connectivity index (χ1) is 26.7. The number of pyridine rings is 1. The van der Waals surface area contributed by atoms with Gasteiger partial charge in [-0.15, -0.1) is 31.7 Å². The number of piperidine rings is 1. The summed E-state index contributed by atoms with van der Waals surface area (Å²) in [4.78, 5) is 26.1. The summed E-state index contributed by atoms with van der Waals surface area (Å²) in [6.45, 7) is 8.34. The molecule has 278 valence electrons. The number of hydrogen-bond donors (Lipinski definition) is 1. The van der Waals surface area contributed by atoms with E-state index in [9.17, 15) is 4.79 Å². The van der Waals surface area contributed by atoms with Gasteiger partial charge in [0.2, 0.25) is 0 Å². The monoisotopic (exact) mass is 770 g/mol. The standard InChI is InChI=1S/C41H39ClN10O2S/c1-24-25(2)55-41-38(24)39(45-23-37-50-47-26(3)52(37)41)29-5-8-30(44-22-29)7-4-27-16-18-51(19-17-27)36-15-14-35(48-49-36)40(53)46-31-9-12-32(13-10-31)54-33-11-6-28(21-43)34(42)20-33/h5-6,8,11,14-15,20,22,27,31-32H,9-10,12-13,16-19,23H2,1-3H3,(H,46,53). The maximum absolute atomic E-state index is 13.0. The average Bonchev–Trinajstić information content (AvgIpc) is 3.66. The van der Waals surface area contributed by atoms with Crippen LogP contribution in [0.5, 0.6) is 5.75 Å². The number of nitrogens with zero attached hydrogens (tertiary/aromatic N) is 9. The van der Waals surface area contributed by atoms with Crippen LogP contribution >= 0.6 is 22.9 Å². The zero-order valence-corrected chi connectivity index (χ0v) is 32.4. The van der Waals surface area contributed by atoms with Crippen molar-refractivity contribution in [1.82, 2.24) is 35.3 Å². The van der Waals surface area contributed by atoms with E-state index in [-0.39, 0.29) is 24.0 Å². The molecule has 55 heavy (non-hydrogen) atoms. The third-order valence-electron chi connectivity index (χ3n) is 10.6. The fraction of sp³-hybridized carbons (Fsp3) is 0.366. The Morgan fingerprint density at radius 2 is 1.80 bits per heavy atom. The van der Waals surface area contributed by atoms with Gasteiger partial charge in [-0.05, 0) is 107 Å².